The quantitative estimate of drug-likeness (QED) is 0.810. The Bertz CT molecular complexity index is 847. The Balaban J connectivity index is 1.97. The standard InChI is InChI=1S/C19H17Cl2N3O/c1-23-12-16(9-19(23)25)24(11-14-4-2-3-5-17(14)20)15-7-6-13(10-22)18(21)8-15/h2-8,16H,9,11-12H2,1H3/t16-/m0/s1. The van der Waals surface area contributed by atoms with Crippen LogP contribution in [-0.2, 0) is 11.3 Å². The van der Waals surface area contributed by atoms with E-state index in [1.54, 1.807) is 17.0 Å². The lowest BCUT2D eigenvalue weighted by atomic mass is 10.1. The van der Waals surface area contributed by atoms with Gasteiger partial charge in [-0.05, 0) is 29.8 Å². The number of anilines is 1. The molecule has 0 aliphatic carbocycles. The van der Waals surface area contributed by atoms with E-state index < -0.39 is 0 Å². The normalized spacial score (nSPS) is 16.8. The largest absolute Gasteiger partial charge is 0.362 e. The van der Waals surface area contributed by atoms with Crippen LogP contribution >= 0.6 is 23.2 Å². The van der Waals surface area contributed by atoms with Gasteiger partial charge in [-0.2, -0.15) is 5.26 Å². The molecule has 2 aromatic carbocycles. The van der Waals surface area contributed by atoms with Gasteiger partial charge in [0.2, 0.25) is 5.91 Å². The number of nitriles is 1. The second-order valence-electron chi connectivity index (χ2n) is 6.13. The van der Waals surface area contributed by atoms with Gasteiger partial charge >= 0.3 is 0 Å². The topological polar surface area (TPSA) is 47.3 Å². The predicted octanol–water partition coefficient (Wildman–Crippen LogP) is 4.10. The zero-order chi connectivity index (χ0) is 18.0. The Morgan fingerprint density at radius 1 is 1.24 bits per heavy atom. The molecule has 25 heavy (non-hydrogen) atoms. The second kappa shape index (κ2) is 7.35. The summed E-state index contributed by atoms with van der Waals surface area (Å²) < 4.78 is 0. The highest BCUT2D eigenvalue weighted by Crippen LogP contribution is 2.30. The lowest BCUT2D eigenvalue weighted by Gasteiger charge is -2.31. The van der Waals surface area contributed by atoms with Crippen molar-refractivity contribution in [2.75, 3.05) is 18.5 Å². The van der Waals surface area contributed by atoms with Crippen LogP contribution in [0.5, 0.6) is 0 Å². The van der Waals surface area contributed by atoms with Crippen LogP contribution in [0.15, 0.2) is 42.5 Å². The van der Waals surface area contributed by atoms with E-state index in [0.717, 1.165) is 11.3 Å². The van der Waals surface area contributed by atoms with Crippen molar-refractivity contribution in [1.82, 2.24) is 4.90 Å². The van der Waals surface area contributed by atoms with E-state index in [4.69, 9.17) is 28.5 Å². The van der Waals surface area contributed by atoms with Gasteiger partial charge in [-0.1, -0.05) is 41.4 Å². The molecule has 128 valence electrons. The fourth-order valence-corrected chi connectivity index (χ4v) is 3.48. The van der Waals surface area contributed by atoms with E-state index in [1.807, 2.05) is 37.4 Å². The molecular formula is C19H17Cl2N3O. The molecule has 2 aromatic rings. The summed E-state index contributed by atoms with van der Waals surface area (Å²) in [6, 6.07) is 15.1. The summed E-state index contributed by atoms with van der Waals surface area (Å²) in [7, 11) is 1.81. The molecule has 0 bridgehead atoms. The number of likely N-dealkylation sites (tertiary alicyclic amines) is 1. The van der Waals surface area contributed by atoms with Crippen LogP contribution in [-0.4, -0.2) is 30.4 Å². The van der Waals surface area contributed by atoms with E-state index in [-0.39, 0.29) is 11.9 Å². The fraction of sp³-hybridized carbons (Fsp3) is 0.263. The van der Waals surface area contributed by atoms with Crippen LogP contribution in [0.3, 0.4) is 0 Å². The van der Waals surface area contributed by atoms with E-state index in [0.29, 0.717) is 35.1 Å². The average molecular weight is 374 g/mol. The molecule has 1 aliphatic rings. The Morgan fingerprint density at radius 3 is 2.60 bits per heavy atom. The van der Waals surface area contributed by atoms with Crippen LogP contribution in [0.1, 0.15) is 17.5 Å². The van der Waals surface area contributed by atoms with Gasteiger partial charge in [0.25, 0.3) is 0 Å². The summed E-state index contributed by atoms with van der Waals surface area (Å²) in [5, 5.41) is 10.2. The van der Waals surface area contributed by atoms with Gasteiger partial charge < -0.3 is 9.80 Å². The minimum absolute atomic E-state index is 0.0257. The van der Waals surface area contributed by atoms with Gasteiger partial charge in [0.15, 0.2) is 0 Å². The van der Waals surface area contributed by atoms with E-state index in [9.17, 15) is 4.79 Å². The Labute approximate surface area is 157 Å². The summed E-state index contributed by atoms with van der Waals surface area (Å²) >= 11 is 12.5. The zero-order valence-corrected chi connectivity index (χ0v) is 15.3. The molecule has 0 spiro atoms. The third-order valence-corrected chi connectivity index (χ3v) is 5.15. The van der Waals surface area contributed by atoms with Crippen molar-refractivity contribution in [2.45, 2.75) is 19.0 Å². The number of carbonyl (C=O) groups is 1. The molecule has 1 amide bonds. The van der Waals surface area contributed by atoms with Crippen LogP contribution in [0.4, 0.5) is 5.69 Å². The van der Waals surface area contributed by atoms with Gasteiger partial charge in [0, 0.05) is 37.3 Å². The summed E-state index contributed by atoms with van der Waals surface area (Å²) in [5.41, 5.74) is 2.28. The van der Waals surface area contributed by atoms with E-state index in [1.165, 1.54) is 0 Å². The van der Waals surface area contributed by atoms with Gasteiger partial charge in [-0.15, -0.1) is 0 Å². The van der Waals surface area contributed by atoms with Crippen LogP contribution in [0.2, 0.25) is 10.0 Å². The van der Waals surface area contributed by atoms with Crippen LogP contribution < -0.4 is 4.90 Å². The minimum atomic E-state index is 0.0257. The molecule has 1 atom stereocenters. The van der Waals surface area contributed by atoms with Gasteiger partial charge in [0.1, 0.15) is 6.07 Å². The molecular weight excluding hydrogens is 357 g/mol. The summed E-state index contributed by atoms with van der Waals surface area (Å²) in [6.07, 6.45) is 0.443. The first-order chi connectivity index (χ1) is 12.0. The van der Waals surface area contributed by atoms with Crippen molar-refractivity contribution in [2.24, 2.45) is 0 Å². The highest BCUT2D eigenvalue weighted by atomic mass is 35.5. The summed E-state index contributed by atoms with van der Waals surface area (Å²) in [4.78, 5) is 15.9. The molecule has 1 heterocycles. The van der Waals surface area contributed by atoms with Crippen LogP contribution in [0.25, 0.3) is 0 Å². The number of hydrogen-bond acceptors (Lipinski definition) is 3. The first-order valence-corrected chi connectivity index (χ1v) is 8.69. The molecule has 1 aliphatic heterocycles. The molecule has 4 nitrogen and oxygen atoms in total. The van der Waals surface area contributed by atoms with E-state index >= 15 is 0 Å². The van der Waals surface area contributed by atoms with Gasteiger partial charge in [-0.25, -0.2) is 0 Å². The first-order valence-electron chi connectivity index (χ1n) is 7.93. The van der Waals surface area contributed by atoms with Crippen molar-refractivity contribution < 1.29 is 4.79 Å². The third-order valence-electron chi connectivity index (χ3n) is 4.46. The summed E-state index contributed by atoms with van der Waals surface area (Å²) in [6.45, 7) is 1.20. The maximum absolute atomic E-state index is 12.0. The molecule has 3 rings (SSSR count). The average Bonchev–Trinajstić information content (AvgIpc) is 2.93. The molecule has 1 saturated heterocycles. The van der Waals surface area contributed by atoms with Crippen LogP contribution in [0, 0.1) is 11.3 Å². The Kier molecular flexibility index (Phi) is 5.17. The smallest absolute Gasteiger partial charge is 0.224 e. The number of carbonyl (C=O) groups excluding carboxylic acids is 1. The number of hydrogen-bond donors (Lipinski definition) is 0. The second-order valence-corrected chi connectivity index (χ2v) is 6.94. The van der Waals surface area contributed by atoms with Crippen molar-refractivity contribution in [3.05, 3.63) is 63.6 Å². The summed E-state index contributed by atoms with van der Waals surface area (Å²) in [5.74, 6) is 0.119. The van der Waals surface area contributed by atoms with Gasteiger partial charge in [-0.3, -0.25) is 4.79 Å². The van der Waals surface area contributed by atoms with E-state index in [2.05, 4.69) is 11.0 Å². The molecule has 6 heteroatoms. The number of halogens is 2. The molecule has 0 aromatic heterocycles. The number of rotatable bonds is 4. The SMILES string of the molecule is CN1C[C@@H](N(Cc2ccccc2Cl)c2ccc(C#N)c(Cl)c2)CC1=O. The Hall–Kier alpha value is -2.22. The Morgan fingerprint density at radius 2 is 2.00 bits per heavy atom. The lowest BCUT2D eigenvalue weighted by Crippen LogP contribution is -2.36. The van der Waals surface area contributed by atoms with Crippen molar-refractivity contribution in [3.8, 4) is 6.07 Å². The van der Waals surface area contributed by atoms with Crippen molar-refractivity contribution in [1.29, 1.82) is 5.26 Å². The molecule has 0 radical (unpaired) electrons. The molecule has 1 fully saturated rings. The third kappa shape index (κ3) is 3.73. The maximum atomic E-state index is 12.0. The number of benzene rings is 2. The zero-order valence-electron chi connectivity index (χ0n) is 13.7. The highest BCUT2D eigenvalue weighted by molar-refractivity contribution is 6.32. The predicted molar refractivity (Wildman–Crippen MR) is 99.8 cm³/mol. The van der Waals surface area contributed by atoms with Crippen molar-refractivity contribution >= 4 is 34.8 Å². The highest BCUT2D eigenvalue weighted by Gasteiger charge is 2.32. The monoisotopic (exact) mass is 373 g/mol. The first kappa shape index (κ1) is 17.6. The number of nitrogens with zero attached hydrogens (tertiary/aromatic N) is 3. The molecule has 0 unspecified atom stereocenters. The lowest BCUT2D eigenvalue weighted by molar-refractivity contribution is -0.126. The van der Waals surface area contributed by atoms with Crippen molar-refractivity contribution in [3.63, 3.8) is 0 Å². The fourth-order valence-electron chi connectivity index (χ4n) is 3.06. The number of amides is 1. The number of likely N-dealkylation sites (N-methyl/N-ethyl adjacent to an activating group) is 1. The molecule has 0 N–H and O–H groups in total. The maximum Gasteiger partial charge on any atom is 0.224 e. The van der Waals surface area contributed by atoms with Gasteiger partial charge in [0.05, 0.1) is 16.6 Å². The minimum Gasteiger partial charge on any atom is -0.362 e. The molecule has 0 saturated carbocycles.